The van der Waals surface area contributed by atoms with Crippen LogP contribution in [0.1, 0.15) is 37.1 Å². The normalized spacial score (nSPS) is 13.2. The topological polar surface area (TPSA) is 148 Å². The summed E-state index contributed by atoms with van der Waals surface area (Å²) < 4.78 is 51.9. The largest absolute Gasteiger partial charge is 0.494 e. The van der Waals surface area contributed by atoms with Gasteiger partial charge in [-0.25, -0.2) is 32.9 Å². The first-order valence-electron chi connectivity index (χ1n) is 11.8. The second-order valence-corrected chi connectivity index (χ2v) is 10.3. The van der Waals surface area contributed by atoms with E-state index in [1.807, 2.05) is 19.1 Å². The minimum atomic E-state index is -4.15. The molecule has 2 unspecified atom stereocenters. The maximum Gasteiger partial charge on any atom is 0.213 e. The number of sulfonamides is 1. The van der Waals surface area contributed by atoms with E-state index < -0.39 is 27.0 Å². The Morgan fingerprint density at radius 2 is 1.66 bits per heavy atom. The van der Waals surface area contributed by atoms with Crippen molar-refractivity contribution in [1.29, 1.82) is 0 Å². The number of hydrogen-bond donors (Lipinski definition) is 1. The van der Waals surface area contributed by atoms with Crippen molar-refractivity contribution >= 4 is 10.0 Å². The number of halogens is 1. The van der Waals surface area contributed by atoms with Crippen LogP contribution in [0.3, 0.4) is 0 Å². The molecule has 0 aliphatic heterocycles. The van der Waals surface area contributed by atoms with Crippen LogP contribution in [0, 0.1) is 5.82 Å². The van der Waals surface area contributed by atoms with Crippen molar-refractivity contribution < 1.29 is 22.3 Å². The summed E-state index contributed by atoms with van der Waals surface area (Å²) in [4.78, 5) is 12.6. The van der Waals surface area contributed by atoms with Crippen molar-refractivity contribution in [2.75, 3.05) is 14.2 Å². The molecule has 2 atom stereocenters. The maximum absolute atomic E-state index is 13.4. The number of methoxy groups -OCH3 is 2. The molecule has 11 nitrogen and oxygen atoms in total. The van der Waals surface area contributed by atoms with Crippen LogP contribution in [0.15, 0.2) is 48.8 Å². The first-order chi connectivity index (χ1) is 18.2. The summed E-state index contributed by atoms with van der Waals surface area (Å²) in [5, 5.41) is 13.2. The highest BCUT2D eigenvalue weighted by Crippen LogP contribution is 2.37. The summed E-state index contributed by atoms with van der Waals surface area (Å²) in [5.41, 5.74) is 1.84. The summed E-state index contributed by atoms with van der Waals surface area (Å²) in [6.45, 7) is 3.60. The average Bonchev–Trinajstić information content (AvgIpc) is 3.33. The summed E-state index contributed by atoms with van der Waals surface area (Å²) in [6, 6.07) is 10.8. The van der Waals surface area contributed by atoms with Gasteiger partial charge in [-0.2, -0.15) is 0 Å². The Balaban J connectivity index is 1.92. The first-order valence-corrected chi connectivity index (χ1v) is 13.4. The molecule has 200 valence electrons. The fraction of sp³-hybridized carbons (Fsp3) is 0.320. The number of aromatic nitrogens is 6. The van der Waals surface area contributed by atoms with Crippen LogP contribution >= 0.6 is 0 Å². The highest BCUT2D eigenvalue weighted by molar-refractivity contribution is 7.89. The molecule has 0 spiro atoms. The molecular formula is C25H28FN7O4S. The quantitative estimate of drug-likeness (QED) is 0.320. The number of benzene rings is 1. The van der Waals surface area contributed by atoms with Crippen LogP contribution in [0.4, 0.5) is 4.39 Å². The summed E-state index contributed by atoms with van der Waals surface area (Å²) in [6.07, 6.45) is 2.50. The Morgan fingerprint density at radius 1 is 1.03 bits per heavy atom. The lowest BCUT2D eigenvalue weighted by atomic mass is 10.0. The molecule has 3 heterocycles. The number of nitrogens with zero attached hydrogens (tertiary/aromatic N) is 6. The van der Waals surface area contributed by atoms with Crippen LogP contribution in [-0.4, -0.2) is 57.6 Å². The average molecular weight is 542 g/mol. The van der Waals surface area contributed by atoms with E-state index in [1.54, 1.807) is 35.8 Å². The predicted molar refractivity (Wildman–Crippen MR) is 138 cm³/mol. The third-order valence-corrected chi connectivity index (χ3v) is 7.58. The number of pyridine rings is 1. The predicted octanol–water partition coefficient (Wildman–Crippen LogP) is 2.84. The molecule has 13 heteroatoms. The lowest BCUT2D eigenvalue weighted by molar-refractivity contribution is 0.390. The Bertz CT molecular complexity index is 1500. The Kier molecular flexibility index (Phi) is 7.97. The minimum Gasteiger partial charge on any atom is -0.494 e. The maximum atomic E-state index is 13.4. The van der Waals surface area contributed by atoms with Gasteiger partial charge in [-0.15, -0.1) is 10.2 Å². The summed E-state index contributed by atoms with van der Waals surface area (Å²) in [7, 11) is -1.12. The van der Waals surface area contributed by atoms with Crippen LogP contribution in [0.25, 0.3) is 17.2 Å². The van der Waals surface area contributed by atoms with Crippen LogP contribution in [0.2, 0.25) is 0 Å². The number of para-hydroxylation sites is 1. The number of ether oxygens (including phenoxy) is 2. The van der Waals surface area contributed by atoms with Gasteiger partial charge in [0.25, 0.3) is 0 Å². The molecule has 0 fully saturated rings. The van der Waals surface area contributed by atoms with Gasteiger partial charge in [-0.3, -0.25) is 4.57 Å². The van der Waals surface area contributed by atoms with Crippen LogP contribution in [0.5, 0.6) is 11.5 Å². The van der Waals surface area contributed by atoms with Crippen molar-refractivity contribution in [3.05, 3.63) is 72.0 Å². The molecule has 0 saturated carbocycles. The van der Waals surface area contributed by atoms with Crippen LogP contribution < -0.4 is 14.6 Å². The third-order valence-electron chi connectivity index (χ3n) is 6.16. The molecule has 38 heavy (non-hydrogen) atoms. The molecule has 0 aliphatic carbocycles. The second kappa shape index (κ2) is 11.2. The fourth-order valence-corrected chi connectivity index (χ4v) is 5.26. The standard InChI is InChI=1S/C25H28FN7O4S/c1-5-17-8-6-9-18(30-17)25-32-31-22(33(25)23-19(36-3)10-7-11-20(23)37-4)12-21(38(27,34)35)15(2)24-28-13-16(26)14-29-24/h6-11,13-15,21H,5,12H2,1-4H3,(H2,27,34,35). The molecular weight excluding hydrogens is 513 g/mol. The molecule has 3 aromatic heterocycles. The van der Waals surface area contributed by atoms with E-state index in [9.17, 15) is 12.8 Å². The lowest BCUT2D eigenvalue weighted by Gasteiger charge is -2.22. The Labute approximate surface area is 220 Å². The molecule has 0 saturated heterocycles. The highest BCUT2D eigenvalue weighted by Gasteiger charge is 2.34. The van der Waals surface area contributed by atoms with Gasteiger partial charge in [0.1, 0.15) is 34.5 Å². The zero-order chi connectivity index (χ0) is 27.4. The SMILES string of the molecule is CCc1cccc(-c2nnc(CC(C(C)c3ncc(F)cn3)S(N)(=O)=O)n2-c2c(OC)cccc2OC)n1. The Morgan fingerprint density at radius 3 is 2.24 bits per heavy atom. The van der Waals surface area contributed by atoms with Crippen molar-refractivity contribution in [3.63, 3.8) is 0 Å². The number of aryl methyl sites for hydroxylation is 1. The van der Waals surface area contributed by atoms with Crippen molar-refractivity contribution in [2.45, 2.75) is 37.9 Å². The van der Waals surface area contributed by atoms with Crippen molar-refractivity contribution in [2.24, 2.45) is 5.14 Å². The van der Waals surface area contributed by atoms with Gasteiger partial charge in [0.05, 0.1) is 31.9 Å². The number of primary sulfonamides is 1. The zero-order valence-electron chi connectivity index (χ0n) is 21.4. The molecule has 0 aliphatic rings. The van der Waals surface area contributed by atoms with Gasteiger partial charge in [-0.05, 0) is 30.7 Å². The molecule has 4 rings (SSSR count). The first kappa shape index (κ1) is 27.1. The van der Waals surface area contributed by atoms with Gasteiger partial charge in [0.2, 0.25) is 10.0 Å². The van der Waals surface area contributed by atoms with Crippen molar-refractivity contribution in [3.8, 4) is 28.7 Å². The van der Waals surface area contributed by atoms with E-state index in [4.69, 9.17) is 14.6 Å². The van der Waals surface area contributed by atoms with E-state index >= 15 is 0 Å². The van der Waals surface area contributed by atoms with Gasteiger partial charge in [0, 0.05) is 18.0 Å². The van der Waals surface area contributed by atoms with E-state index in [0.29, 0.717) is 35.1 Å². The Hall–Kier alpha value is -3.97. The minimum absolute atomic E-state index is 0.129. The van der Waals surface area contributed by atoms with Crippen molar-refractivity contribution in [1.82, 2.24) is 29.7 Å². The lowest BCUT2D eigenvalue weighted by Crippen LogP contribution is -2.36. The second-order valence-electron chi connectivity index (χ2n) is 8.53. The van der Waals surface area contributed by atoms with Crippen LogP contribution in [-0.2, 0) is 22.9 Å². The van der Waals surface area contributed by atoms with E-state index in [1.165, 1.54) is 14.2 Å². The molecule has 0 bridgehead atoms. The number of hydrogen-bond acceptors (Lipinski definition) is 9. The monoisotopic (exact) mass is 541 g/mol. The van der Waals surface area contributed by atoms with Gasteiger partial charge in [-0.1, -0.05) is 26.0 Å². The molecule has 1 aromatic carbocycles. The van der Waals surface area contributed by atoms with Gasteiger partial charge < -0.3 is 9.47 Å². The summed E-state index contributed by atoms with van der Waals surface area (Å²) >= 11 is 0. The van der Waals surface area contributed by atoms with E-state index in [2.05, 4.69) is 25.1 Å². The smallest absolute Gasteiger partial charge is 0.213 e. The number of nitrogens with two attached hydrogens (primary N) is 1. The molecule has 0 radical (unpaired) electrons. The zero-order valence-corrected chi connectivity index (χ0v) is 22.2. The molecule has 2 N–H and O–H groups in total. The van der Waals surface area contributed by atoms with E-state index in [0.717, 1.165) is 18.1 Å². The summed E-state index contributed by atoms with van der Waals surface area (Å²) in [5.74, 6) is 0.212. The highest BCUT2D eigenvalue weighted by atomic mass is 32.2. The molecule has 0 amide bonds. The third kappa shape index (κ3) is 5.48. The number of rotatable bonds is 10. The van der Waals surface area contributed by atoms with Gasteiger partial charge in [0.15, 0.2) is 11.6 Å². The molecule has 4 aromatic rings. The van der Waals surface area contributed by atoms with E-state index in [-0.39, 0.29) is 18.1 Å². The van der Waals surface area contributed by atoms with Gasteiger partial charge >= 0.3 is 0 Å². The fourth-order valence-electron chi connectivity index (χ4n) is 4.18.